The van der Waals surface area contributed by atoms with Crippen LogP contribution in [0.4, 0.5) is 0 Å². The molecule has 0 aliphatic carbocycles. The van der Waals surface area contributed by atoms with Gasteiger partial charge < -0.3 is 14.0 Å². The van der Waals surface area contributed by atoms with E-state index >= 15 is 0 Å². The lowest BCUT2D eigenvalue weighted by Crippen LogP contribution is -2.33. The molecule has 26 heavy (non-hydrogen) atoms. The quantitative estimate of drug-likeness (QED) is 0.655. The minimum atomic E-state index is -1.15. The number of nitrogens with zero attached hydrogens (tertiary/aromatic N) is 2. The molecule has 2 aromatic carbocycles. The van der Waals surface area contributed by atoms with Gasteiger partial charge in [-0.3, -0.25) is 0 Å². The zero-order chi connectivity index (χ0) is 18.1. The van der Waals surface area contributed by atoms with Gasteiger partial charge in [-0.2, -0.15) is 0 Å². The summed E-state index contributed by atoms with van der Waals surface area (Å²) in [4.78, 5) is 4.47. The molecule has 2 unspecified atom stereocenters. The van der Waals surface area contributed by atoms with Crippen LogP contribution in [-0.2, 0) is 28.7 Å². The van der Waals surface area contributed by atoms with Crippen molar-refractivity contribution in [2.75, 3.05) is 6.61 Å². The van der Waals surface area contributed by atoms with E-state index in [1.807, 2.05) is 42.1 Å². The summed E-state index contributed by atoms with van der Waals surface area (Å²) < 4.78 is 14.6. The van der Waals surface area contributed by atoms with Crippen LogP contribution in [0.1, 0.15) is 17.0 Å². The Morgan fingerprint density at radius 1 is 1.19 bits per heavy atom. The standard InChI is InChI=1S/C20H18Cl2N2O2/c1-24-10-9-23-19(24)20(17-8-7-15(21)12-18(17)22)25-13-16(26-20)11-14-5-3-2-4-6-14/h2-10,12,16H,11,13H2,1H3. The fourth-order valence-corrected chi connectivity index (χ4v) is 3.84. The van der Waals surface area contributed by atoms with Crippen LogP contribution >= 0.6 is 23.2 Å². The van der Waals surface area contributed by atoms with E-state index in [2.05, 4.69) is 17.1 Å². The second-order valence-corrected chi connectivity index (χ2v) is 7.19. The fourth-order valence-electron chi connectivity index (χ4n) is 3.31. The second kappa shape index (κ2) is 7.05. The molecule has 1 fully saturated rings. The Balaban J connectivity index is 1.73. The number of hydrogen-bond donors (Lipinski definition) is 0. The van der Waals surface area contributed by atoms with Crippen molar-refractivity contribution in [3.63, 3.8) is 0 Å². The molecule has 0 N–H and O–H groups in total. The summed E-state index contributed by atoms with van der Waals surface area (Å²) in [5.74, 6) is -0.503. The monoisotopic (exact) mass is 388 g/mol. The van der Waals surface area contributed by atoms with Crippen LogP contribution in [0.3, 0.4) is 0 Å². The van der Waals surface area contributed by atoms with Crippen LogP contribution in [-0.4, -0.2) is 22.3 Å². The Bertz CT molecular complexity index is 913. The van der Waals surface area contributed by atoms with Gasteiger partial charge in [0.2, 0.25) is 0 Å². The van der Waals surface area contributed by atoms with Crippen LogP contribution in [0.5, 0.6) is 0 Å². The molecular weight excluding hydrogens is 371 g/mol. The summed E-state index contributed by atoms with van der Waals surface area (Å²) >= 11 is 12.6. The SMILES string of the molecule is Cn1ccnc1C1(c2ccc(Cl)cc2Cl)OCC(Cc2ccccc2)O1. The van der Waals surface area contributed by atoms with Crippen molar-refractivity contribution in [3.8, 4) is 0 Å². The fraction of sp³-hybridized carbons (Fsp3) is 0.250. The lowest BCUT2D eigenvalue weighted by Gasteiger charge is -2.29. The van der Waals surface area contributed by atoms with Gasteiger partial charge in [0.1, 0.15) is 0 Å². The third-order valence-corrected chi connectivity index (χ3v) is 5.06. The van der Waals surface area contributed by atoms with Crippen LogP contribution < -0.4 is 0 Å². The summed E-state index contributed by atoms with van der Waals surface area (Å²) in [6, 6.07) is 15.5. The number of rotatable bonds is 4. The molecule has 0 amide bonds. The van der Waals surface area contributed by atoms with E-state index in [4.69, 9.17) is 32.7 Å². The van der Waals surface area contributed by atoms with Crippen molar-refractivity contribution in [2.45, 2.75) is 18.3 Å². The predicted molar refractivity (Wildman–Crippen MR) is 101 cm³/mol. The van der Waals surface area contributed by atoms with Gasteiger partial charge in [0, 0.05) is 36.4 Å². The van der Waals surface area contributed by atoms with E-state index in [0.29, 0.717) is 28.0 Å². The van der Waals surface area contributed by atoms with Gasteiger partial charge in [0.15, 0.2) is 5.82 Å². The van der Waals surface area contributed by atoms with Crippen LogP contribution in [0, 0.1) is 0 Å². The molecule has 134 valence electrons. The third-order valence-electron chi connectivity index (χ3n) is 4.51. The summed E-state index contributed by atoms with van der Waals surface area (Å²) in [6.45, 7) is 0.445. The van der Waals surface area contributed by atoms with Gasteiger partial charge in [0.25, 0.3) is 5.79 Å². The van der Waals surface area contributed by atoms with Crippen molar-refractivity contribution < 1.29 is 9.47 Å². The first-order valence-electron chi connectivity index (χ1n) is 8.37. The van der Waals surface area contributed by atoms with Gasteiger partial charge >= 0.3 is 0 Å². The van der Waals surface area contributed by atoms with E-state index in [0.717, 1.165) is 6.42 Å². The van der Waals surface area contributed by atoms with Gasteiger partial charge in [-0.15, -0.1) is 0 Å². The molecule has 4 rings (SSSR count). The first-order chi connectivity index (χ1) is 12.6. The largest absolute Gasteiger partial charge is 0.337 e. The van der Waals surface area contributed by atoms with Crippen LogP contribution in [0.15, 0.2) is 60.9 Å². The molecule has 0 bridgehead atoms. The number of benzene rings is 2. The maximum absolute atomic E-state index is 6.49. The molecule has 3 aromatic rings. The number of aromatic nitrogens is 2. The Kier molecular flexibility index (Phi) is 4.76. The topological polar surface area (TPSA) is 36.3 Å². The molecule has 6 heteroatoms. The van der Waals surface area contributed by atoms with E-state index in [1.165, 1.54) is 5.56 Å². The first kappa shape index (κ1) is 17.6. The van der Waals surface area contributed by atoms with Gasteiger partial charge in [-0.25, -0.2) is 4.98 Å². The molecular formula is C20H18Cl2N2O2. The summed E-state index contributed by atoms with van der Waals surface area (Å²) in [7, 11) is 1.91. The number of ether oxygens (including phenoxy) is 2. The Morgan fingerprint density at radius 3 is 2.69 bits per heavy atom. The minimum Gasteiger partial charge on any atom is -0.337 e. The molecule has 1 aliphatic rings. The highest BCUT2D eigenvalue weighted by Gasteiger charge is 2.49. The number of aryl methyl sites for hydroxylation is 1. The number of halogens is 2. The average Bonchev–Trinajstić information content (AvgIpc) is 3.23. The highest BCUT2D eigenvalue weighted by Crippen LogP contribution is 2.43. The number of imidazole rings is 1. The zero-order valence-electron chi connectivity index (χ0n) is 14.2. The average molecular weight is 389 g/mol. The van der Waals surface area contributed by atoms with Crippen molar-refractivity contribution >= 4 is 23.2 Å². The predicted octanol–water partition coefficient (Wildman–Crippen LogP) is 4.59. The van der Waals surface area contributed by atoms with Crippen molar-refractivity contribution in [2.24, 2.45) is 7.05 Å². The lowest BCUT2D eigenvalue weighted by molar-refractivity contribution is -0.149. The summed E-state index contributed by atoms with van der Waals surface area (Å²) in [5.41, 5.74) is 1.90. The smallest absolute Gasteiger partial charge is 0.258 e. The van der Waals surface area contributed by atoms with E-state index in [-0.39, 0.29) is 6.10 Å². The summed E-state index contributed by atoms with van der Waals surface area (Å²) in [5, 5.41) is 1.05. The highest BCUT2D eigenvalue weighted by atomic mass is 35.5. The Labute approximate surface area is 162 Å². The van der Waals surface area contributed by atoms with Crippen LogP contribution in [0.25, 0.3) is 0 Å². The third kappa shape index (κ3) is 3.14. The van der Waals surface area contributed by atoms with Crippen molar-refractivity contribution in [1.82, 2.24) is 9.55 Å². The molecule has 4 nitrogen and oxygen atoms in total. The molecule has 1 aliphatic heterocycles. The maximum atomic E-state index is 6.49. The van der Waals surface area contributed by atoms with E-state index in [9.17, 15) is 0 Å². The molecule has 2 heterocycles. The normalized spacial score (nSPS) is 22.7. The zero-order valence-corrected chi connectivity index (χ0v) is 15.7. The first-order valence-corrected chi connectivity index (χ1v) is 9.13. The highest BCUT2D eigenvalue weighted by molar-refractivity contribution is 6.35. The molecule has 0 spiro atoms. The molecule has 2 atom stereocenters. The van der Waals surface area contributed by atoms with Gasteiger partial charge in [-0.05, 0) is 17.7 Å². The Hall–Kier alpha value is -1.85. The lowest BCUT2D eigenvalue weighted by atomic mass is 10.0. The minimum absolute atomic E-state index is 0.110. The van der Waals surface area contributed by atoms with Crippen molar-refractivity contribution in [3.05, 3.63) is 87.9 Å². The van der Waals surface area contributed by atoms with E-state index in [1.54, 1.807) is 18.3 Å². The second-order valence-electron chi connectivity index (χ2n) is 6.34. The Morgan fingerprint density at radius 2 is 2.00 bits per heavy atom. The van der Waals surface area contributed by atoms with Crippen LogP contribution in [0.2, 0.25) is 10.0 Å². The molecule has 1 aromatic heterocycles. The summed E-state index contributed by atoms with van der Waals surface area (Å²) in [6.07, 6.45) is 4.22. The van der Waals surface area contributed by atoms with E-state index < -0.39 is 5.79 Å². The van der Waals surface area contributed by atoms with Crippen molar-refractivity contribution in [1.29, 1.82) is 0 Å². The molecule has 1 saturated heterocycles. The van der Waals surface area contributed by atoms with Gasteiger partial charge in [-0.1, -0.05) is 59.6 Å². The molecule has 0 radical (unpaired) electrons. The number of hydrogen-bond acceptors (Lipinski definition) is 3. The maximum Gasteiger partial charge on any atom is 0.258 e. The molecule has 0 saturated carbocycles. The van der Waals surface area contributed by atoms with Gasteiger partial charge in [0.05, 0.1) is 17.7 Å².